The van der Waals surface area contributed by atoms with Gasteiger partial charge in [0.05, 0.1) is 0 Å². The van der Waals surface area contributed by atoms with Crippen LogP contribution in [0.5, 0.6) is 0 Å². The Morgan fingerprint density at radius 1 is 1.33 bits per heavy atom. The second-order valence-corrected chi connectivity index (χ2v) is 5.68. The highest BCUT2D eigenvalue weighted by Gasteiger charge is 2.35. The van der Waals surface area contributed by atoms with Gasteiger partial charge in [-0.1, -0.05) is 12.8 Å². The van der Waals surface area contributed by atoms with E-state index in [1.54, 1.807) is 0 Å². The first-order valence-corrected chi connectivity index (χ1v) is 6.82. The summed E-state index contributed by atoms with van der Waals surface area (Å²) in [5.74, 6) is 0.820. The Hall–Kier alpha value is -0.870. The highest BCUT2D eigenvalue weighted by atomic mass is 35.5. The molecule has 1 fully saturated rings. The van der Waals surface area contributed by atoms with E-state index >= 15 is 0 Å². The normalized spacial score (nSPS) is 18.3. The highest BCUT2D eigenvalue weighted by molar-refractivity contribution is 6.28. The summed E-state index contributed by atoms with van der Waals surface area (Å²) >= 11 is 5.87. The van der Waals surface area contributed by atoms with Crippen LogP contribution in [0.4, 0.5) is 5.82 Å². The molecule has 0 aliphatic heterocycles. The first-order chi connectivity index (χ1) is 8.52. The standard InChI is InChI=1S/C13H21ClN4/c1-10-8-11(17-12(14)16-10)15-9-13(18(2)3)6-4-5-7-13/h8H,4-7,9H2,1-3H3,(H,15,16,17). The van der Waals surface area contributed by atoms with Crippen molar-refractivity contribution in [3.8, 4) is 0 Å². The van der Waals surface area contributed by atoms with Gasteiger partial charge in [-0.25, -0.2) is 9.97 Å². The monoisotopic (exact) mass is 268 g/mol. The Morgan fingerprint density at radius 3 is 2.56 bits per heavy atom. The van der Waals surface area contributed by atoms with Crippen LogP contribution in [0.15, 0.2) is 6.07 Å². The summed E-state index contributed by atoms with van der Waals surface area (Å²) in [5, 5.41) is 3.72. The van der Waals surface area contributed by atoms with Crippen LogP contribution in [0.2, 0.25) is 5.28 Å². The molecule has 1 aromatic heterocycles. The molecule has 5 heteroatoms. The molecule has 0 spiro atoms. The van der Waals surface area contributed by atoms with Crippen LogP contribution in [0, 0.1) is 6.92 Å². The maximum atomic E-state index is 5.87. The fourth-order valence-corrected chi connectivity index (χ4v) is 2.92. The van der Waals surface area contributed by atoms with Gasteiger partial charge in [0.1, 0.15) is 5.82 Å². The van der Waals surface area contributed by atoms with Gasteiger partial charge in [-0.2, -0.15) is 0 Å². The van der Waals surface area contributed by atoms with Crippen molar-refractivity contribution in [1.82, 2.24) is 14.9 Å². The molecule has 18 heavy (non-hydrogen) atoms. The van der Waals surface area contributed by atoms with Crippen molar-refractivity contribution in [3.63, 3.8) is 0 Å². The van der Waals surface area contributed by atoms with Crippen molar-refractivity contribution in [3.05, 3.63) is 17.0 Å². The molecule has 2 rings (SSSR count). The van der Waals surface area contributed by atoms with Gasteiger partial charge in [0.15, 0.2) is 0 Å². The van der Waals surface area contributed by atoms with E-state index in [0.29, 0.717) is 5.28 Å². The van der Waals surface area contributed by atoms with Gasteiger partial charge in [0, 0.05) is 23.8 Å². The Labute approximate surface area is 114 Å². The molecule has 0 radical (unpaired) electrons. The summed E-state index contributed by atoms with van der Waals surface area (Å²) in [4.78, 5) is 10.6. The second-order valence-electron chi connectivity index (χ2n) is 5.34. The third-order valence-corrected chi connectivity index (χ3v) is 4.08. The van der Waals surface area contributed by atoms with Gasteiger partial charge in [-0.15, -0.1) is 0 Å². The highest BCUT2D eigenvalue weighted by Crippen LogP contribution is 2.33. The van der Waals surface area contributed by atoms with E-state index in [-0.39, 0.29) is 5.54 Å². The smallest absolute Gasteiger partial charge is 0.224 e. The maximum Gasteiger partial charge on any atom is 0.224 e. The molecule has 0 aromatic carbocycles. The first-order valence-electron chi connectivity index (χ1n) is 6.44. The zero-order valence-electron chi connectivity index (χ0n) is 11.3. The average Bonchev–Trinajstić information content (AvgIpc) is 2.75. The minimum absolute atomic E-state index is 0.255. The molecule has 0 bridgehead atoms. The van der Waals surface area contributed by atoms with E-state index in [9.17, 15) is 0 Å². The molecule has 1 N–H and O–H groups in total. The number of aromatic nitrogens is 2. The number of halogens is 1. The summed E-state index contributed by atoms with van der Waals surface area (Å²) < 4.78 is 0. The Bertz CT molecular complexity index is 393. The van der Waals surface area contributed by atoms with Crippen LogP contribution in [0.25, 0.3) is 0 Å². The minimum Gasteiger partial charge on any atom is -0.368 e. The maximum absolute atomic E-state index is 5.87. The molecular formula is C13H21ClN4. The predicted octanol–water partition coefficient (Wildman–Crippen LogP) is 2.72. The topological polar surface area (TPSA) is 41.0 Å². The second kappa shape index (κ2) is 5.41. The fourth-order valence-electron chi connectivity index (χ4n) is 2.69. The van der Waals surface area contributed by atoms with Gasteiger partial charge in [-0.3, -0.25) is 0 Å². The van der Waals surface area contributed by atoms with Crippen molar-refractivity contribution in [2.75, 3.05) is 26.0 Å². The van der Waals surface area contributed by atoms with Crippen LogP contribution < -0.4 is 5.32 Å². The summed E-state index contributed by atoms with van der Waals surface area (Å²) in [6.07, 6.45) is 5.10. The quantitative estimate of drug-likeness (QED) is 0.853. The molecule has 0 amide bonds. The van der Waals surface area contributed by atoms with Crippen LogP contribution >= 0.6 is 11.6 Å². The van der Waals surface area contributed by atoms with Crippen LogP contribution in [0.3, 0.4) is 0 Å². The molecule has 0 atom stereocenters. The van der Waals surface area contributed by atoms with E-state index in [2.05, 4.69) is 34.3 Å². The molecule has 0 saturated heterocycles. The zero-order valence-corrected chi connectivity index (χ0v) is 12.1. The van der Waals surface area contributed by atoms with Gasteiger partial charge in [0.25, 0.3) is 0 Å². The van der Waals surface area contributed by atoms with E-state index in [1.807, 2.05) is 13.0 Å². The molecule has 100 valence electrons. The Balaban J connectivity index is 2.05. The van der Waals surface area contributed by atoms with Crippen LogP contribution in [0.1, 0.15) is 31.4 Å². The van der Waals surface area contributed by atoms with Gasteiger partial charge < -0.3 is 10.2 Å². The van der Waals surface area contributed by atoms with E-state index < -0.39 is 0 Å². The number of aryl methyl sites for hydroxylation is 1. The third kappa shape index (κ3) is 2.93. The predicted molar refractivity (Wildman–Crippen MR) is 75.2 cm³/mol. The average molecular weight is 269 g/mol. The fraction of sp³-hybridized carbons (Fsp3) is 0.692. The summed E-state index contributed by atoms with van der Waals surface area (Å²) in [5.41, 5.74) is 1.15. The number of hydrogen-bond acceptors (Lipinski definition) is 4. The van der Waals surface area contributed by atoms with Gasteiger partial charge >= 0.3 is 0 Å². The molecule has 0 unspecified atom stereocenters. The molecule has 1 aliphatic rings. The third-order valence-electron chi connectivity index (χ3n) is 3.91. The number of nitrogens with zero attached hydrogens (tertiary/aromatic N) is 3. The molecule has 1 aliphatic carbocycles. The molecule has 4 nitrogen and oxygen atoms in total. The first kappa shape index (κ1) is 13.6. The minimum atomic E-state index is 0.255. The van der Waals surface area contributed by atoms with Crippen LogP contribution in [-0.4, -0.2) is 41.0 Å². The van der Waals surface area contributed by atoms with E-state index in [0.717, 1.165) is 18.1 Å². The number of nitrogens with one attached hydrogen (secondary N) is 1. The Morgan fingerprint density at radius 2 is 2.00 bits per heavy atom. The lowest BCUT2D eigenvalue weighted by Crippen LogP contribution is -2.47. The number of anilines is 1. The summed E-state index contributed by atoms with van der Waals surface area (Å²) in [6, 6.07) is 1.93. The lowest BCUT2D eigenvalue weighted by atomic mass is 9.96. The van der Waals surface area contributed by atoms with E-state index in [4.69, 9.17) is 11.6 Å². The molecule has 1 aromatic rings. The summed E-state index contributed by atoms with van der Waals surface area (Å²) in [6.45, 7) is 2.84. The largest absolute Gasteiger partial charge is 0.368 e. The van der Waals surface area contributed by atoms with Crippen molar-refractivity contribution in [2.45, 2.75) is 38.1 Å². The number of rotatable bonds is 4. The molecule has 1 saturated carbocycles. The van der Waals surface area contributed by atoms with Gasteiger partial charge in [-0.05, 0) is 45.5 Å². The van der Waals surface area contributed by atoms with Crippen molar-refractivity contribution >= 4 is 17.4 Å². The SMILES string of the molecule is Cc1cc(NCC2(N(C)C)CCCC2)nc(Cl)n1. The zero-order chi connectivity index (χ0) is 13.2. The lowest BCUT2D eigenvalue weighted by molar-refractivity contribution is 0.172. The van der Waals surface area contributed by atoms with Crippen molar-refractivity contribution in [2.24, 2.45) is 0 Å². The number of likely N-dealkylation sites (N-methyl/N-ethyl adjacent to an activating group) is 1. The molecular weight excluding hydrogens is 248 g/mol. The number of hydrogen-bond donors (Lipinski definition) is 1. The van der Waals surface area contributed by atoms with E-state index in [1.165, 1.54) is 25.7 Å². The van der Waals surface area contributed by atoms with Crippen molar-refractivity contribution < 1.29 is 0 Å². The summed E-state index contributed by atoms with van der Waals surface area (Å²) in [7, 11) is 4.32. The van der Waals surface area contributed by atoms with Crippen LogP contribution in [-0.2, 0) is 0 Å². The van der Waals surface area contributed by atoms with Crippen molar-refractivity contribution in [1.29, 1.82) is 0 Å². The molecule has 1 heterocycles. The van der Waals surface area contributed by atoms with Gasteiger partial charge in [0.2, 0.25) is 5.28 Å². The lowest BCUT2D eigenvalue weighted by Gasteiger charge is -2.36. The Kier molecular flexibility index (Phi) is 4.07.